The Balaban J connectivity index is 1.52. The third kappa shape index (κ3) is 5.09. The van der Waals surface area contributed by atoms with E-state index in [1.54, 1.807) is 0 Å². The minimum Gasteiger partial charge on any atom is -0.379 e. The second-order valence-corrected chi connectivity index (χ2v) is 8.33. The van der Waals surface area contributed by atoms with Crippen molar-refractivity contribution in [1.82, 2.24) is 15.5 Å². The van der Waals surface area contributed by atoms with Crippen LogP contribution in [0.25, 0.3) is 0 Å². The minimum atomic E-state index is 0.0819. The second-order valence-electron chi connectivity index (χ2n) is 8.33. The molecule has 2 N–H and O–H groups in total. The Hall–Kier alpha value is -0.810. The van der Waals surface area contributed by atoms with Gasteiger partial charge in [0.1, 0.15) is 0 Å². The van der Waals surface area contributed by atoms with Gasteiger partial charge < -0.3 is 15.4 Å². The predicted octanol–water partition coefficient (Wildman–Crippen LogP) is 2.09. The highest BCUT2D eigenvalue weighted by Gasteiger charge is 2.41. The lowest BCUT2D eigenvalue weighted by molar-refractivity contribution is -0.00684. The summed E-state index contributed by atoms with van der Waals surface area (Å²) in [6, 6.07) is 0. The highest BCUT2D eigenvalue weighted by atomic mass is 16.5. The molecule has 24 heavy (non-hydrogen) atoms. The number of hydrogen-bond acceptors (Lipinski definition) is 3. The minimum absolute atomic E-state index is 0.0819. The molecule has 0 spiro atoms. The molecule has 0 aromatic carbocycles. The van der Waals surface area contributed by atoms with Crippen molar-refractivity contribution in [2.45, 2.75) is 52.0 Å². The van der Waals surface area contributed by atoms with Crippen molar-refractivity contribution < 1.29 is 4.74 Å². The summed E-state index contributed by atoms with van der Waals surface area (Å²) >= 11 is 0. The average Bonchev–Trinajstić information content (AvgIpc) is 3.47. The molecule has 3 fully saturated rings. The normalized spacial score (nSPS) is 23.6. The van der Waals surface area contributed by atoms with Crippen LogP contribution in [0.5, 0.6) is 0 Å². The van der Waals surface area contributed by atoms with Gasteiger partial charge in [-0.15, -0.1) is 0 Å². The lowest BCUT2D eigenvalue weighted by Gasteiger charge is -2.40. The van der Waals surface area contributed by atoms with E-state index in [1.165, 1.54) is 25.7 Å². The Morgan fingerprint density at radius 1 is 1.12 bits per heavy atom. The lowest BCUT2D eigenvalue weighted by atomic mass is 9.98. The Labute approximate surface area is 147 Å². The molecule has 138 valence electrons. The van der Waals surface area contributed by atoms with Gasteiger partial charge in [0.2, 0.25) is 0 Å². The molecule has 2 saturated carbocycles. The highest BCUT2D eigenvalue weighted by Crippen LogP contribution is 2.48. The standard InChI is InChI=1S/C19H36N4O/c1-4-20-18(21-13-17(15-5-6-15)16-7-8-16)22-14-19(2,3)23-9-11-24-12-10-23/h15-17H,4-14H2,1-3H3,(H2,20,21,22). The molecule has 0 radical (unpaired) electrons. The van der Waals surface area contributed by atoms with Gasteiger partial charge in [-0.25, -0.2) is 0 Å². The fraction of sp³-hybridized carbons (Fsp3) is 0.947. The molecule has 0 bridgehead atoms. The first kappa shape index (κ1) is 18.0. The highest BCUT2D eigenvalue weighted by molar-refractivity contribution is 5.79. The number of rotatable bonds is 8. The zero-order chi connectivity index (χ0) is 17.0. The van der Waals surface area contributed by atoms with Gasteiger partial charge in [0.15, 0.2) is 5.96 Å². The Kier molecular flexibility index (Phi) is 6.03. The summed E-state index contributed by atoms with van der Waals surface area (Å²) in [6.45, 7) is 13.3. The van der Waals surface area contributed by atoms with Crippen LogP contribution in [0.1, 0.15) is 46.5 Å². The van der Waals surface area contributed by atoms with Crippen molar-refractivity contribution in [2.24, 2.45) is 22.7 Å². The Morgan fingerprint density at radius 2 is 1.75 bits per heavy atom. The zero-order valence-corrected chi connectivity index (χ0v) is 15.8. The number of morpholine rings is 1. The zero-order valence-electron chi connectivity index (χ0n) is 15.8. The fourth-order valence-electron chi connectivity index (χ4n) is 3.86. The van der Waals surface area contributed by atoms with Crippen molar-refractivity contribution in [2.75, 3.05) is 45.9 Å². The molecule has 3 aliphatic rings. The van der Waals surface area contributed by atoms with Gasteiger partial charge in [-0.2, -0.15) is 0 Å². The van der Waals surface area contributed by atoms with Crippen molar-refractivity contribution in [3.8, 4) is 0 Å². The first-order valence-electron chi connectivity index (χ1n) is 9.95. The van der Waals surface area contributed by atoms with Crippen LogP contribution in [-0.2, 0) is 4.74 Å². The van der Waals surface area contributed by atoms with Crippen LogP contribution in [0.3, 0.4) is 0 Å². The van der Waals surface area contributed by atoms with E-state index in [1.807, 2.05) is 0 Å². The van der Waals surface area contributed by atoms with Crippen LogP contribution in [0.15, 0.2) is 4.99 Å². The van der Waals surface area contributed by atoms with Gasteiger partial charge in [-0.3, -0.25) is 9.89 Å². The maximum absolute atomic E-state index is 5.48. The van der Waals surface area contributed by atoms with Gasteiger partial charge >= 0.3 is 0 Å². The van der Waals surface area contributed by atoms with Crippen LogP contribution >= 0.6 is 0 Å². The van der Waals surface area contributed by atoms with Crippen LogP contribution < -0.4 is 10.6 Å². The number of nitrogens with one attached hydrogen (secondary N) is 2. The van der Waals surface area contributed by atoms with Crippen LogP contribution in [0, 0.1) is 17.8 Å². The molecule has 5 heteroatoms. The number of hydrogen-bond donors (Lipinski definition) is 2. The van der Waals surface area contributed by atoms with E-state index >= 15 is 0 Å². The topological polar surface area (TPSA) is 48.9 Å². The van der Waals surface area contributed by atoms with E-state index in [2.05, 4.69) is 36.3 Å². The first-order valence-corrected chi connectivity index (χ1v) is 9.95. The third-order valence-electron chi connectivity index (χ3n) is 5.80. The third-order valence-corrected chi connectivity index (χ3v) is 5.80. The molecule has 0 unspecified atom stereocenters. The van der Waals surface area contributed by atoms with Gasteiger partial charge in [-0.1, -0.05) is 0 Å². The van der Waals surface area contributed by atoms with E-state index in [4.69, 9.17) is 9.73 Å². The molecule has 0 aromatic rings. The molecule has 2 aliphatic carbocycles. The summed E-state index contributed by atoms with van der Waals surface area (Å²) in [4.78, 5) is 7.40. The SMILES string of the molecule is CCNC(=NCC(C)(C)N1CCOCC1)NCC(C1CC1)C1CC1. The van der Waals surface area contributed by atoms with Crippen molar-refractivity contribution in [1.29, 1.82) is 0 Å². The number of guanidine groups is 1. The molecular weight excluding hydrogens is 300 g/mol. The second kappa shape index (κ2) is 8.05. The molecule has 0 amide bonds. The molecular formula is C19H36N4O. The lowest BCUT2D eigenvalue weighted by Crippen LogP contribution is -2.52. The predicted molar refractivity (Wildman–Crippen MR) is 99.4 cm³/mol. The largest absolute Gasteiger partial charge is 0.379 e. The van der Waals surface area contributed by atoms with Gasteiger partial charge in [-0.05, 0) is 64.2 Å². The maximum atomic E-state index is 5.48. The molecule has 0 aromatic heterocycles. The van der Waals surface area contributed by atoms with Crippen LogP contribution in [-0.4, -0.2) is 62.3 Å². The summed E-state index contributed by atoms with van der Waals surface area (Å²) in [5.41, 5.74) is 0.0819. The van der Waals surface area contributed by atoms with Crippen molar-refractivity contribution in [3.05, 3.63) is 0 Å². The average molecular weight is 337 g/mol. The fourth-order valence-corrected chi connectivity index (χ4v) is 3.86. The van der Waals surface area contributed by atoms with E-state index in [0.717, 1.165) is 69.7 Å². The molecule has 1 saturated heterocycles. The quantitative estimate of drug-likeness (QED) is 0.526. The van der Waals surface area contributed by atoms with Gasteiger partial charge in [0.05, 0.1) is 19.8 Å². The first-order chi connectivity index (χ1) is 11.6. The molecule has 1 heterocycles. The van der Waals surface area contributed by atoms with Crippen LogP contribution in [0.2, 0.25) is 0 Å². The van der Waals surface area contributed by atoms with E-state index in [9.17, 15) is 0 Å². The van der Waals surface area contributed by atoms with Gasteiger partial charge in [0.25, 0.3) is 0 Å². The van der Waals surface area contributed by atoms with Crippen LogP contribution in [0.4, 0.5) is 0 Å². The van der Waals surface area contributed by atoms with E-state index in [0.29, 0.717) is 0 Å². The molecule has 1 aliphatic heterocycles. The van der Waals surface area contributed by atoms with Gasteiger partial charge in [0, 0.05) is 31.7 Å². The molecule has 0 atom stereocenters. The molecule has 3 rings (SSSR count). The smallest absolute Gasteiger partial charge is 0.191 e. The Bertz CT molecular complexity index is 411. The summed E-state index contributed by atoms with van der Waals surface area (Å²) in [6.07, 6.45) is 5.78. The number of aliphatic imine (C=N–C) groups is 1. The Morgan fingerprint density at radius 3 is 2.29 bits per heavy atom. The van der Waals surface area contributed by atoms with Crippen molar-refractivity contribution in [3.63, 3.8) is 0 Å². The summed E-state index contributed by atoms with van der Waals surface area (Å²) in [7, 11) is 0. The van der Waals surface area contributed by atoms with E-state index < -0.39 is 0 Å². The molecule has 5 nitrogen and oxygen atoms in total. The number of ether oxygens (including phenoxy) is 1. The summed E-state index contributed by atoms with van der Waals surface area (Å²) in [5, 5.41) is 7.06. The maximum Gasteiger partial charge on any atom is 0.191 e. The van der Waals surface area contributed by atoms with E-state index in [-0.39, 0.29) is 5.54 Å². The summed E-state index contributed by atoms with van der Waals surface area (Å²) < 4.78 is 5.48. The number of nitrogens with zero attached hydrogens (tertiary/aromatic N) is 2. The summed E-state index contributed by atoms with van der Waals surface area (Å²) in [5.74, 6) is 3.83. The monoisotopic (exact) mass is 336 g/mol. The van der Waals surface area contributed by atoms with Crippen molar-refractivity contribution >= 4 is 5.96 Å².